The van der Waals surface area contributed by atoms with E-state index in [9.17, 15) is 14.0 Å². The molecule has 0 amide bonds. The quantitative estimate of drug-likeness (QED) is 0.171. The molecule has 0 spiro atoms. The van der Waals surface area contributed by atoms with Gasteiger partial charge < -0.3 is 9.47 Å². The average Bonchev–Trinajstić information content (AvgIpc) is 2.82. The van der Waals surface area contributed by atoms with Gasteiger partial charge in [0.05, 0.1) is 6.61 Å². The van der Waals surface area contributed by atoms with Crippen molar-refractivity contribution in [2.45, 2.75) is 58.3 Å². The van der Waals surface area contributed by atoms with Crippen LogP contribution < -0.4 is 4.74 Å². The molecule has 0 radical (unpaired) electrons. The molecule has 5 heteroatoms. The molecule has 2 aromatic rings. The second kappa shape index (κ2) is 11.8. The maximum Gasteiger partial charge on any atom is 0.338 e. The Morgan fingerprint density at radius 2 is 1.59 bits per heavy atom. The number of esters is 2. The molecular weight excluding hydrogens is 431 g/mol. The third-order valence-electron chi connectivity index (χ3n) is 6.37. The summed E-state index contributed by atoms with van der Waals surface area (Å²) < 4.78 is 25.3. The van der Waals surface area contributed by atoms with Crippen molar-refractivity contribution in [2.24, 2.45) is 5.92 Å². The Balaban J connectivity index is 1.52. The van der Waals surface area contributed by atoms with Gasteiger partial charge in [-0.1, -0.05) is 37.4 Å². The lowest BCUT2D eigenvalue weighted by atomic mass is 9.77. The summed E-state index contributed by atoms with van der Waals surface area (Å²) in [5, 5.41) is 0. The van der Waals surface area contributed by atoms with Crippen LogP contribution >= 0.6 is 0 Å². The Morgan fingerprint density at radius 1 is 0.941 bits per heavy atom. The zero-order valence-electron chi connectivity index (χ0n) is 20.1. The number of hydrogen-bond acceptors (Lipinski definition) is 4. The van der Waals surface area contributed by atoms with Gasteiger partial charge >= 0.3 is 11.9 Å². The third-order valence-corrected chi connectivity index (χ3v) is 6.37. The molecule has 34 heavy (non-hydrogen) atoms. The molecule has 0 N–H and O–H groups in total. The van der Waals surface area contributed by atoms with Gasteiger partial charge in [0, 0.05) is 16.7 Å². The van der Waals surface area contributed by atoms with Crippen molar-refractivity contribution in [3.05, 3.63) is 78.1 Å². The number of carbonyl (C=O) groups is 2. The maximum absolute atomic E-state index is 15.0. The van der Waals surface area contributed by atoms with Crippen molar-refractivity contribution in [3.8, 4) is 16.9 Å². The minimum absolute atomic E-state index is 0.245. The summed E-state index contributed by atoms with van der Waals surface area (Å²) in [6, 6.07) is 12.3. The molecular formula is C29H33FO4. The van der Waals surface area contributed by atoms with Crippen molar-refractivity contribution in [1.29, 1.82) is 0 Å². The number of rotatable bonds is 9. The van der Waals surface area contributed by atoms with E-state index in [1.807, 2.05) is 12.1 Å². The lowest BCUT2D eigenvalue weighted by molar-refractivity contribution is -0.139. The van der Waals surface area contributed by atoms with Crippen LogP contribution in [0.15, 0.2) is 66.8 Å². The number of ether oxygens (including phenoxy) is 2. The van der Waals surface area contributed by atoms with Crippen molar-refractivity contribution in [3.63, 3.8) is 0 Å². The van der Waals surface area contributed by atoms with Crippen molar-refractivity contribution < 1.29 is 23.5 Å². The van der Waals surface area contributed by atoms with Gasteiger partial charge in [-0.25, -0.2) is 14.0 Å². The molecule has 180 valence electrons. The van der Waals surface area contributed by atoms with Crippen molar-refractivity contribution in [1.82, 2.24) is 0 Å². The third kappa shape index (κ3) is 6.89. The van der Waals surface area contributed by atoms with Gasteiger partial charge in [-0.3, -0.25) is 0 Å². The molecule has 0 heterocycles. The van der Waals surface area contributed by atoms with Crippen LogP contribution in [0.4, 0.5) is 4.39 Å². The van der Waals surface area contributed by atoms with E-state index < -0.39 is 5.97 Å². The highest BCUT2D eigenvalue weighted by atomic mass is 19.1. The van der Waals surface area contributed by atoms with Crippen LogP contribution in [0.1, 0.15) is 63.9 Å². The second-order valence-electron chi connectivity index (χ2n) is 9.21. The molecule has 0 unspecified atom stereocenters. The molecule has 1 aliphatic rings. The van der Waals surface area contributed by atoms with Gasteiger partial charge in [-0.05, 0) is 93.5 Å². The highest BCUT2D eigenvalue weighted by molar-refractivity contribution is 5.88. The standard InChI is InChI=1S/C29H33FO4/c1-19(2)28(31)33-17-5-6-21-7-9-22(10-8-21)24-13-16-26(27(30)18-24)23-11-14-25(15-12-23)34-29(32)20(3)4/h11-16,18,21-22H,1,3,5-10,17H2,2,4H3. The Morgan fingerprint density at radius 3 is 2.18 bits per heavy atom. The molecule has 0 aromatic heterocycles. The van der Waals surface area contributed by atoms with E-state index >= 15 is 0 Å². The second-order valence-corrected chi connectivity index (χ2v) is 9.21. The summed E-state index contributed by atoms with van der Waals surface area (Å²) in [5.41, 5.74) is 3.06. The zero-order chi connectivity index (χ0) is 24.7. The fraction of sp³-hybridized carbons (Fsp3) is 0.379. The van der Waals surface area contributed by atoms with E-state index in [0.29, 0.717) is 40.9 Å². The van der Waals surface area contributed by atoms with Gasteiger partial charge in [-0.2, -0.15) is 0 Å². The minimum atomic E-state index is -0.482. The first-order valence-electron chi connectivity index (χ1n) is 11.8. The highest BCUT2D eigenvalue weighted by Gasteiger charge is 2.23. The van der Waals surface area contributed by atoms with Crippen LogP contribution in [0.25, 0.3) is 11.1 Å². The molecule has 4 nitrogen and oxygen atoms in total. The van der Waals surface area contributed by atoms with Crippen molar-refractivity contribution in [2.75, 3.05) is 6.61 Å². The summed E-state index contributed by atoms with van der Waals surface area (Å²) in [4.78, 5) is 23.1. The molecule has 1 aliphatic carbocycles. The molecule has 2 aromatic carbocycles. The Labute approximate surface area is 201 Å². The molecule has 0 saturated heterocycles. The Bertz CT molecular complexity index is 1050. The first-order valence-corrected chi connectivity index (χ1v) is 11.8. The molecule has 0 atom stereocenters. The van der Waals surface area contributed by atoms with Crippen LogP contribution in [-0.2, 0) is 14.3 Å². The smallest absolute Gasteiger partial charge is 0.338 e. The lowest BCUT2D eigenvalue weighted by Crippen LogP contribution is -2.15. The molecule has 0 aliphatic heterocycles. The maximum atomic E-state index is 15.0. The van der Waals surface area contributed by atoms with Gasteiger partial charge in [-0.15, -0.1) is 0 Å². The van der Waals surface area contributed by atoms with Crippen LogP contribution in [0.2, 0.25) is 0 Å². The van der Waals surface area contributed by atoms with Crippen LogP contribution in [0.3, 0.4) is 0 Å². The fourth-order valence-electron chi connectivity index (χ4n) is 4.36. The van der Waals surface area contributed by atoms with Crippen LogP contribution in [0.5, 0.6) is 5.75 Å². The molecule has 3 rings (SSSR count). The number of carbonyl (C=O) groups excluding carboxylic acids is 2. The summed E-state index contributed by atoms with van der Waals surface area (Å²) in [7, 11) is 0. The van der Waals surface area contributed by atoms with Crippen LogP contribution in [0, 0.1) is 11.7 Å². The van der Waals surface area contributed by atoms with E-state index in [4.69, 9.17) is 9.47 Å². The summed E-state index contributed by atoms with van der Waals surface area (Å²) in [6.45, 7) is 10.8. The fourth-order valence-corrected chi connectivity index (χ4v) is 4.36. The van der Waals surface area contributed by atoms with Gasteiger partial charge in [0.2, 0.25) is 0 Å². The van der Waals surface area contributed by atoms with Gasteiger partial charge in [0.1, 0.15) is 11.6 Å². The van der Waals surface area contributed by atoms with E-state index in [1.165, 1.54) is 0 Å². The van der Waals surface area contributed by atoms with E-state index in [1.54, 1.807) is 44.2 Å². The average molecular weight is 465 g/mol. The normalized spacial score (nSPS) is 17.6. The number of halogens is 1. The zero-order valence-corrected chi connectivity index (χ0v) is 20.1. The Hall–Kier alpha value is -3.21. The predicted molar refractivity (Wildman–Crippen MR) is 132 cm³/mol. The van der Waals surface area contributed by atoms with Gasteiger partial charge in [0.25, 0.3) is 0 Å². The van der Waals surface area contributed by atoms with E-state index in [2.05, 4.69) is 13.2 Å². The lowest BCUT2D eigenvalue weighted by Gasteiger charge is -2.29. The monoisotopic (exact) mass is 464 g/mol. The largest absolute Gasteiger partial charge is 0.462 e. The van der Waals surface area contributed by atoms with E-state index in [0.717, 1.165) is 49.7 Å². The topological polar surface area (TPSA) is 52.6 Å². The van der Waals surface area contributed by atoms with E-state index in [-0.39, 0.29) is 11.8 Å². The Kier molecular flexibility index (Phi) is 8.80. The van der Waals surface area contributed by atoms with Crippen molar-refractivity contribution >= 4 is 11.9 Å². The predicted octanol–water partition coefficient (Wildman–Crippen LogP) is 7.15. The SMILES string of the molecule is C=C(C)C(=O)OCCCC1CCC(c2ccc(-c3ccc(OC(=O)C(=C)C)cc3)c(F)c2)CC1. The highest BCUT2D eigenvalue weighted by Crippen LogP contribution is 2.38. The number of hydrogen-bond donors (Lipinski definition) is 0. The summed E-state index contributed by atoms with van der Waals surface area (Å²) >= 11 is 0. The molecule has 1 fully saturated rings. The minimum Gasteiger partial charge on any atom is -0.462 e. The summed E-state index contributed by atoms with van der Waals surface area (Å²) in [5.74, 6) is 0.345. The molecule has 0 bridgehead atoms. The first-order chi connectivity index (χ1) is 16.2. The van der Waals surface area contributed by atoms with Crippen LogP contribution in [-0.4, -0.2) is 18.5 Å². The summed E-state index contributed by atoms with van der Waals surface area (Å²) in [6.07, 6.45) is 6.19. The molecule has 1 saturated carbocycles. The van der Waals surface area contributed by atoms with Gasteiger partial charge in [0.15, 0.2) is 0 Å². The first kappa shape index (κ1) is 25.4. The number of benzene rings is 2.